The zero-order chi connectivity index (χ0) is 27.3. The number of unbranched alkanes of at least 4 members (excludes halogenated alkanes) is 12. The number of hydrogen-bond donors (Lipinski definition) is 0. The summed E-state index contributed by atoms with van der Waals surface area (Å²) in [4.78, 5) is 13.1. The summed E-state index contributed by atoms with van der Waals surface area (Å²) in [5.41, 5.74) is 3.29. The number of allylic oxidation sites excluding steroid dienone is 3. The second-order valence-corrected chi connectivity index (χ2v) is 12.8. The van der Waals surface area contributed by atoms with Gasteiger partial charge in [0.25, 0.3) is 0 Å². The Labute approximate surface area is 234 Å². The number of ether oxygens (including phenoxy) is 1. The van der Waals surface area contributed by atoms with E-state index in [-0.39, 0.29) is 10.8 Å². The predicted octanol–water partition coefficient (Wildman–Crippen LogP) is 10.6. The van der Waals surface area contributed by atoms with Crippen LogP contribution in [0.2, 0.25) is 0 Å². The van der Waals surface area contributed by atoms with Crippen LogP contribution in [-0.4, -0.2) is 12.4 Å². The molecule has 2 atom stereocenters. The van der Waals surface area contributed by atoms with Gasteiger partial charge in [-0.15, -0.1) is 0 Å². The van der Waals surface area contributed by atoms with Crippen molar-refractivity contribution >= 4 is 11.9 Å². The number of fused-ring (bicyclic) bond motifs is 2. The Morgan fingerprint density at radius 2 is 1.39 bits per heavy atom. The van der Waals surface area contributed by atoms with Crippen molar-refractivity contribution in [3.05, 3.63) is 53.1 Å². The van der Waals surface area contributed by atoms with Crippen LogP contribution in [0.4, 0.5) is 0 Å². The molecule has 0 N–H and O–H groups in total. The molecule has 0 aromatic heterocycles. The lowest BCUT2D eigenvalue weighted by Gasteiger charge is -2.31. The van der Waals surface area contributed by atoms with E-state index in [0.717, 1.165) is 37.0 Å². The zero-order valence-electron chi connectivity index (χ0n) is 25.2. The van der Waals surface area contributed by atoms with Gasteiger partial charge in [-0.3, -0.25) is 4.79 Å². The third-order valence-electron chi connectivity index (χ3n) is 9.74. The van der Waals surface area contributed by atoms with Gasteiger partial charge in [-0.1, -0.05) is 122 Å². The average Bonchev–Trinajstić information content (AvgIpc) is 3.22. The molecule has 0 heterocycles. The van der Waals surface area contributed by atoms with Crippen LogP contribution in [0, 0.1) is 16.7 Å². The van der Waals surface area contributed by atoms with Crippen molar-refractivity contribution in [3.63, 3.8) is 0 Å². The molecule has 2 nitrogen and oxygen atoms in total. The molecule has 1 aromatic carbocycles. The van der Waals surface area contributed by atoms with E-state index in [2.05, 4.69) is 70.2 Å². The Balaban J connectivity index is 1.18. The fourth-order valence-electron chi connectivity index (χ4n) is 6.63. The third-order valence-corrected chi connectivity index (χ3v) is 9.74. The van der Waals surface area contributed by atoms with Crippen LogP contribution in [0.5, 0.6) is 0 Å². The second-order valence-electron chi connectivity index (χ2n) is 12.8. The maximum atomic E-state index is 13.1. The summed E-state index contributed by atoms with van der Waals surface area (Å²) in [5.74, 6) is 0.779. The minimum Gasteiger partial charge on any atom is -0.377 e. The molecule has 0 radical (unpaired) electrons. The Bertz CT molecular complexity index is 890. The Kier molecular flexibility index (Phi) is 12.8. The molecule has 1 aromatic rings. The summed E-state index contributed by atoms with van der Waals surface area (Å²) in [6, 6.07) is 8.59. The molecule has 2 aliphatic rings. The number of carbonyl (C=O) groups excluding carboxylic acids is 1. The largest absolute Gasteiger partial charge is 0.377 e. The standard InChI is InChI=1S/C36H56O2/c1-5-6-7-8-9-10-11-12-13-14-15-16-17-18-19-20-27-38-29-31-23-21-30(22-24-31)28-32-33-25-26-36(4,34(32)37)35(33,2)3/h12-13,21-24,28,33H,5-11,14-20,25-27,29H2,1-4H3/b13-12-,32-28?. The van der Waals surface area contributed by atoms with E-state index in [1.165, 1.54) is 89.0 Å². The van der Waals surface area contributed by atoms with Gasteiger partial charge < -0.3 is 4.74 Å². The normalized spacial score (nSPS) is 23.3. The summed E-state index contributed by atoms with van der Waals surface area (Å²) in [5, 5.41) is 0. The minimum atomic E-state index is -0.179. The highest BCUT2D eigenvalue weighted by atomic mass is 16.5. The molecule has 0 amide bonds. The van der Waals surface area contributed by atoms with Gasteiger partial charge in [-0.2, -0.15) is 0 Å². The molecule has 0 spiro atoms. The monoisotopic (exact) mass is 520 g/mol. The lowest BCUT2D eigenvalue weighted by Crippen LogP contribution is -2.32. The first-order valence-electron chi connectivity index (χ1n) is 16.0. The zero-order valence-corrected chi connectivity index (χ0v) is 25.2. The fraction of sp³-hybridized carbons (Fsp3) is 0.694. The van der Waals surface area contributed by atoms with Gasteiger partial charge in [0.05, 0.1) is 6.61 Å². The molecule has 0 aliphatic heterocycles. The highest BCUT2D eigenvalue weighted by molar-refractivity contribution is 6.07. The van der Waals surface area contributed by atoms with E-state index in [1.807, 2.05) is 0 Å². The van der Waals surface area contributed by atoms with Crippen molar-refractivity contribution in [2.45, 2.75) is 137 Å². The minimum absolute atomic E-state index is 0.0771. The van der Waals surface area contributed by atoms with Crippen LogP contribution < -0.4 is 0 Å². The first kappa shape index (κ1) is 30.9. The summed E-state index contributed by atoms with van der Waals surface area (Å²) < 4.78 is 5.93. The molecule has 2 heteroatoms. The molecule has 2 aliphatic carbocycles. The van der Waals surface area contributed by atoms with Crippen molar-refractivity contribution < 1.29 is 9.53 Å². The van der Waals surface area contributed by atoms with Crippen LogP contribution >= 0.6 is 0 Å². The van der Waals surface area contributed by atoms with Gasteiger partial charge in [0.2, 0.25) is 0 Å². The predicted molar refractivity (Wildman–Crippen MR) is 163 cm³/mol. The molecule has 3 rings (SSSR count). The maximum absolute atomic E-state index is 13.1. The second kappa shape index (κ2) is 15.8. The van der Waals surface area contributed by atoms with Crippen LogP contribution in [0.25, 0.3) is 6.08 Å². The Morgan fingerprint density at radius 1 is 0.816 bits per heavy atom. The maximum Gasteiger partial charge on any atom is 0.165 e. The van der Waals surface area contributed by atoms with Gasteiger partial charge in [0, 0.05) is 12.0 Å². The van der Waals surface area contributed by atoms with Crippen LogP contribution in [0.3, 0.4) is 0 Å². The van der Waals surface area contributed by atoms with Crippen LogP contribution in [0.15, 0.2) is 42.0 Å². The van der Waals surface area contributed by atoms with Crippen molar-refractivity contribution in [1.82, 2.24) is 0 Å². The number of Topliss-reactive ketones (excluding diaryl/α,β-unsaturated/α-hetero) is 1. The van der Waals surface area contributed by atoms with Crippen molar-refractivity contribution in [2.24, 2.45) is 16.7 Å². The quantitative estimate of drug-likeness (QED) is 0.103. The number of benzene rings is 1. The summed E-state index contributed by atoms with van der Waals surface area (Å²) in [6.45, 7) is 10.5. The lowest BCUT2D eigenvalue weighted by atomic mass is 9.70. The molecular formula is C36H56O2. The molecule has 2 bridgehead atoms. The lowest BCUT2D eigenvalue weighted by molar-refractivity contribution is -0.125. The van der Waals surface area contributed by atoms with Crippen LogP contribution in [0.1, 0.15) is 142 Å². The number of hydrogen-bond acceptors (Lipinski definition) is 2. The highest BCUT2D eigenvalue weighted by Crippen LogP contribution is 2.65. The number of rotatable bonds is 19. The first-order chi connectivity index (χ1) is 18.4. The van der Waals surface area contributed by atoms with Gasteiger partial charge in [0.1, 0.15) is 0 Å². The van der Waals surface area contributed by atoms with E-state index in [9.17, 15) is 4.79 Å². The first-order valence-corrected chi connectivity index (χ1v) is 16.0. The molecule has 212 valence electrons. The molecule has 0 saturated heterocycles. The van der Waals surface area contributed by atoms with Crippen LogP contribution in [-0.2, 0) is 16.1 Å². The number of carbonyl (C=O) groups is 1. The summed E-state index contributed by atoms with van der Waals surface area (Å²) in [7, 11) is 0. The van der Waals surface area contributed by atoms with E-state index in [4.69, 9.17) is 4.74 Å². The van der Waals surface area contributed by atoms with Gasteiger partial charge in [-0.05, 0) is 79.1 Å². The number of ketones is 1. The molecule has 2 unspecified atom stereocenters. The molecule has 2 saturated carbocycles. The van der Waals surface area contributed by atoms with E-state index in [0.29, 0.717) is 18.3 Å². The van der Waals surface area contributed by atoms with Crippen molar-refractivity contribution in [3.8, 4) is 0 Å². The molecule has 2 fully saturated rings. The van der Waals surface area contributed by atoms with E-state index >= 15 is 0 Å². The molecule has 38 heavy (non-hydrogen) atoms. The third kappa shape index (κ3) is 8.41. The van der Waals surface area contributed by atoms with E-state index in [1.54, 1.807) is 0 Å². The Morgan fingerprint density at radius 3 is 1.97 bits per heavy atom. The summed E-state index contributed by atoms with van der Waals surface area (Å²) >= 11 is 0. The van der Waals surface area contributed by atoms with Gasteiger partial charge in [0.15, 0.2) is 5.78 Å². The van der Waals surface area contributed by atoms with E-state index < -0.39 is 0 Å². The summed E-state index contributed by atoms with van der Waals surface area (Å²) in [6.07, 6.45) is 27.8. The average molecular weight is 521 g/mol. The van der Waals surface area contributed by atoms with Crippen molar-refractivity contribution in [1.29, 1.82) is 0 Å². The van der Waals surface area contributed by atoms with Crippen molar-refractivity contribution in [2.75, 3.05) is 6.61 Å². The smallest absolute Gasteiger partial charge is 0.165 e. The molecular weight excluding hydrogens is 464 g/mol. The SMILES string of the molecule is CCCCCCCC/C=C\CCCCCCCCOCc1ccc(C=C2C(=O)C3(C)CCC2C3(C)C)cc1. The topological polar surface area (TPSA) is 26.3 Å². The highest BCUT2D eigenvalue weighted by Gasteiger charge is 2.63. The fourth-order valence-corrected chi connectivity index (χ4v) is 6.63. The van der Waals surface area contributed by atoms with Gasteiger partial charge >= 0.3 is 0 Å². The van der Waals surface area contributed by atoms with Gasteiger partial charge in [-0.25, -0.2) is 0 Å². The Hall–Kier alpha value is -1.67.